The predicted octanol–water partition coefficient (Wildman–Crippen LogP) is 3.28. The number of nitrogens with zero attached hydrogens (tertiary/aromatic N) is 2. The number of carbonyl (C=O) groups is 1. The lowest BCUT2D eigenvalue weighted by atomic mass is 10.1. The third-order valence-corrected chi connectivity index (χ3v) is 3.36. The van der Waals surface area contributed by atoms with E-state index in [9.17, 15) is 18.0 Å². The van der Waals surface area contributed by atoms with Crippen LogP contribution in [0.4, 0.5) is 13.2 Å². The number of hydrogen-bond acceptors (Lipinski definition) is 2. The molecule has 1 fully saturated rings. The third kappa shape index (κ3) is 2.22. The first-order chi connectivity index (χ1) is 8.99. The smallest absolute Gasteiger partial charge is 0.330 e. The monoisotopic (exact) mass is 268 g/mol. The van der Waals surface area contributed by atoms with Crippen LogP contribution in [0.25, 0.3) is 11.0 Å². The van der Waals surface area contributed by atoms with Crippen molar-refractivity contribution in [3.8, 4) is 0 Å². The zero-order valence-corrected chi connectivity index (χ0v) is 9.94. The van der Waals surface area contributed by atoms with Gasteiger partial charge in [0.15, 0.2) is 6.29 Å². The highest BCUT2D eigenvalue weighted by atomic mass is 19.4. The summed E-state index contributed by atoms with van der Waals surface area (Å²) in [5, 5.41) is 0. The summed E-state index contributed by atoms with van der Waals surface area (Å²) >= 11 is 0. The minimum Gasteiger partial charge on any atom is -0.330 e. The van der Waals surface area contributed by atoms with Gasteiger partial charge in [0.05, 0.1) is 22.9 Å². The van der Waals surface area contributed by atoms with Gasteiger partial charge in [-0.2, -0.15) is 13.2 Å². The molecule has 0 N–H and O–H groups in total. The summed E-state index contributed by atoms with van der Waals surface area (Å²) in [7, 11) is 0. The molecule has 0 radical (unpaired) electrons. The Balaban J connectivity index is 2.17. The minimum absolute atomic E-state index is 0.0145. The lowest BCUT2D eigenvalue weighted by Gasteiger charge is -2.09. The van der Waals surface area contributed by atoms with Crippen LogP contribution in [-0.4, -0.2) is 15.8 Å². The van der Waals surface area contributed by atoms with E-state index in [0.717, 1.165) is 25.0 Å². The molecular formula is C13H11F3N2O. The van der Waals surface area contributed by atoms with Gasteiger partial charge < -0.3 is 4.57 Å². The summed E-state index contributed by atoms with van der Waals surface area (Å²) in [4.78, 5) is 15.0. The maximum atomic E-state index is 12.8. The molecule has 0 aliphatic heterocycles. The lowest BCUT2D eigenvalue weighted by molar-refractivity contribution is -0.137. The van der Waals surface area contributed by atoms with Crippen molar-refractivity contribution in [2.24, 2.45) is 5.92 Å². The van der Waals surface area contributed by atoms with Gasteiger partial charge in [-0.15, -0.1) is 0 Å². The first-order valence-electron chi connectivity index (χ1n) is 6.00. The second kappa shape index (κ2) is 4.08. The number of imidazole rings is 1. The van der Waals surface area contributed by atoms with Crippen molar-refractivity contribution in [1.82, 2.24) is 9.55 Å². The molecule has 3 nitrogen and oxygen atoms in total. The number of benzene rings is 1. The summed E-state index contributed by atoms with van der Waals surface area (Å²) in [6, 6.07) is 1.92. The fourth-order valence-electron chi connectivity index (χ4n) is 2.17. The van der Waals surface area contributed by atoms with Gasteiger partial charge in [0.1, 0.15) is 0 Å². The average Bonchev–Trinajstić information content (AvgIpc) is 3.07. The van der Waals surface area contributed by atoms with E-state index in [1.54, 1.807) is 4.57 Å². The molecule has 0 saturated heterocycles. The molecule has 0 amide bonds. The predicted molar refractivity (Wildman–Crippen MR) is 62.8 cm³/mol. The van der Waals surface area contributed by atoms with Crippen molar-refractivity contribution in [2.45, 2.75) is 25.6 Å². The van der Waals surface area contributed by atoms with E-state index in [4.69, 9.17) is 0 Å². The highest BCUT2D eigenvalue weighted by Gasteiger charge is 2.32. The van der Waals surface area contributed by atoms with Gasteiger partial charge in [0, 0.05) is 12.1 Å². The molecule has 1 aromatic carbocycles. The Kier molecular flexibility index (Phi) is 2.62. The number of fused-ring (bicyclic) bond motifs is 1. The molecule has 0 unspecified atom stereocenters. The van der Waals surface area contributed by atoms with Crippen LogP contribution >= 0.6 is 0 Å². The molecule has 0 atom stereocenters. The van der Waals surface area contributed by atoms with Crippen LogP contribution < -0.4 is 0 Å². The van der Waals surface area contributed by atoms with Gasteiger partial charge in [-0.1, -0.05) is 0 Å². The Labute approximate surface area is 107 Å². The fourth-order valence-corrected chi connectivity index (χ4v) is 2.17. The average molecular weight is 268 g/mol. The van der Waals surface area contributed by atoms with Gasteiger partial charge >= 0.3 is 6.18 Å². The largest absolute Gasteiger partial charge is 0.416 e. The van der Waals surface area contributed by atoms with Gasteiger partial charge in [-0.05, 0) is 30.9 Å². The van der Waals surface area contributed by atoms with E-state index >= 15 is 0 Å². The van der Waals surface area contributed by atoms with E-state index in [-0.39, 0.29) is 5.56 Å². The quantitative estimate of drug-likeness (QED) is 0.801. The second-order valence-corrected chi connectivity index (χ2v) is 4.89. The summed E-state index contributed by atoms with van der Waals surface area (Å²) in [6.45, 7) is 0.663. The standard InChI is InChI=1S/C13H11F3N2O/c14-13(15,16)10-3-9(6-19)12-11(4-10)18(7-17-12)5-8-1-2-8/h3-4,6-8H,1-2,5H2. The van der Waals surface area contributed by atoms with Crippen LogP contribution in [0.2, 0.25) is 0 Å². The highest BCUT2D eigenvalue weighted by molar-refractivity contribution is 5.95. The molecule has 1 aromatic heterocycles. The van der Waals surface area contributed by atoms with Gasteiger partial charge in [-0.3, -0.25) is 4.79 Å². The normalized spacial score (nSPS) is 15.9. The minimum atomic E-state index is -4.46. The van der Waals surface area contributed by atoms with Crippen LogP contribution in [-0.2, 0) is 12.7 Å². The Morgan fingerprint density at radius 2 is 2.11 bits per heavy atom. The zero-order valence-electron chi connectivity index (χ0n) is 9.94. The van der Waals surface area contributed by atoms with E-state index < -0.39 is 11.7 Å². The van der Waals surface area contributed by atoms with Crippen LogP contribution in [0.5, 0.6) is 0 Å². The number of rotatable bonds is 3. The Hall–Kier alpha value is -1.85. The molecule has 0 bridgehead atoms. The lowest BCUT2D eigenvalue weighted by Crippen LogP contribution is -2.07. The molecular weight excluding hydrogens is 257 g/mol. The van der Waals surface area contributed by atoms with E-state index in [1.807, 2.05) is 0 Å². The van der Waals surface area contributed by atoms with Crippen LogP contribution in [0.15, 0.2) is 18.5 Å². The molecule has 100 valence electrons. The molecule has 1 aliphatic rings. The van der Waals surface area contributed by atoms with Gasteiger partial charge in [0.2, 0.25) is 0 Å². The summed E-state index contributed by atoms with van der Waals surface area (Å²) < 4.78 is 40.1. The van der Waals surface area contributed by atoms with E-state index in [1.165, 1.54) is 6.33 Å². The van der Waals surface area contributed by atoms with Crippen molar-refractivity contribution in [3.63, 3.8) is 0 Å². The number of hydrogen-bond donors (Lipinski definition) is 0. The van der Waals surface area contributed by atoms with E-state index in [2.05, 4.69) is 4.98 Å². The van der Waals surface area contributed by atoms with Crippen molar-refractivity contribution in [3.05, 3.63) is 29.6 Å². The summed E-state index contributed by atoms with van der Waals surface area (Å²) in [5.74, 6) is 0.520. The molecule has 0 spiro atoms. The number of halogens is 3. The molecule has 19 heavy (non-hydrogen) atoms. The van der Waals surface area contributed by atoms with Crippen molar-refractivity contribution < 1.29 is 18.0 Å². The topological polar surface area (TPSA) is 34.9 Å². The number of aldehydes is 1. The van der Waals surface area contributed by atoms with Crippen LogP contribution in [0.3, 0.4) is 0 Å². The van der Waals surface area contributed by atoms with Crippen molar-refractivity contribution in [2.75, 3.05) is 0 Å². The molecule has 6 heteroatoms. The fraction of sp³-hybridized carbons (Fsp3) is 0.385. The van der Waals surface area contributed by atoms with Crippen molar-refractivity contribution >= 4 is 17.3 Å². The molecule has 1 aliphatic carbocycles. The van der Waals surface area contributed by atoms with Gasteiger partial charge in [-0.25, -0.2) is 4.98 Å². The maximum Gasteiger partial charge on any atom is 0.416 e. The maximum absolute atomic E-state index is 12.8. The Morgan fingerprint density at radius 3 is 2.68 bits per heavy atom. The van der Waals surface area contributed by atoms with Crippen LogP contribution in [0.1, 0.15) is 28.8 Å². The van der Waals surface area contributed by atoms with Crippen molar-refractivity contribution in [1.29, 1.82) is 0 Å². The number of aromatic nitrogens is 2. The molecule has 2 aromatic rings. The summed E-state index contributed by atoms with van der Waals surface area (Å²) in [5.41, 5.74) is -0.105. The first kappa shape index (κ1) is 12.2. The van der Waals surface area contributed by atoms with E-state index in [0.29, 0.717) is 29.8 Å². The van der Waals surface area contributed by atoms with Crippen LogP contribution in [0, 0.1) is 5.92 Å². The zero-order chi connectivity index (χ0) is 13.6. The molecule has 1 saturated carbocycles. The Bertz CT molecular complexity index is 641. The van der Waals surface area contributed by atoms with Gasteiger partial charge in [0.25, 0.3) is 0 Å². The molecule has 1 heterocycles. The number of alkyl halides is 3. The highest BCUT2D eigenvalue weighted by Crippen LogP contribution is 2.35. The second-order valence-electron chi connectivity index (χ2n) is 4.89. The SMILES string of the molecule is O=Cc1cc(C(F)(F)F)cc2c1ncn2CC1CC1. The number of carbonyl (C=O) groups excluding carboxylic acids is 1. The molecule has 3 rings (SSSR count). The summed E-state index contributed by atoms with van der Waals surface area (Å²) in [6.07, 6.45) is -0.332. The Morgan fingerprint density at radius 1 is 1.37 bits per heavy atom. The first-order valence-corrected chi connectivity index (χ1v) is 6.00. The third-order valence-electron chi connectivity index (χ3n) is 3.36.